The van der Waals surface area contributed by atoms with Crippen molar-refractivity contribution in [3.05, 3.63) is 70.0 Å². The van der Waals surface area contributed by atoms with Gasteiger partial charge in [0.05, 0.1) is 5.69 Å². The molecule has 0 aliphatic carbocycles. The zero-order chi connectivity index (χ0) is 22.8. The summed E-state index contributed by atoms with van der Waals surface area (Å²) in [5.41, 5.74) is 3.87. The van der Waals surface area contributed by atoms with E-state index < -0.39 is 0 Å². The Morgan fingerprint density at radius 2 is 1.94 bits per heavy atom. The van der Waals surface area contributed by atoms with E-state index in [2.05, 4.69) is 9.62 Å². The van der Waals surface area contributed by atoms with E-state index in [0.29, 0.717) is 5.02 Å². The fourth-order valence-electron chi connectivity index (χ4n) is 4.35. The molecule has 3 aliphatic rings. The molecule has 5 rings (SSSR count). The van der Waals surface area contributed by atoms with Crippen LogP contribution in [0.4, 0.5) is 10.1 Å². The number of carbonyl (C=O) groups excluding carboxylic acids is 1. The summed E-state index contributed by atoms with van der Waals surface area (Å²) < 4.78 is 18.4. The van der Waals surface area contributed by atoms with Gasteiger partial charge in [0.25, 0.3) is 0 Å². The number of halogens is 2. The molecule has 3 fully saturated rings. The molecule has 8 heteroatoms. The van der Waals surface area contributed by atoms with Crippen LogP contribution in [0, 0.1) is 12.7 Å². The number of piperidine rings is 1. The van der Waals surface area contributed by atoms with Crippen LogP contribution in [0.1, 0.15) is 23.1 Å². The number of hydrogen-bond donors (Lipinski definition) is 1. The van der Waals surface area contributed by atoms with Crippen molar-refractivity contribution in [1.29, 1.82) is 0 Å². The maximum atomic E-state index is 13.1. The van der Waals surface area contributed by atoms with Crippen LogP contribution in [0.15, 0.2) is 42.5 Å². The molecule has 1 amide bonds. The van der Waals surface area contributed by atoms with Crippen LogP contribution < -0.4 is 4.72 Å². The molecule has 3 aliphatic heterocycles. The average Bonchev–Trinajstić information content (AvgIpc) is 2.74. The Bertz CT molecular complexity index is 1000. The Morgan fingerprint density at radius 3 is 2.59 bits per heavy atom. The minimum atomic E-state index is -0.214. The lowest BCUT2D eigenvalue weighted by Crippen LogP contribution is -2.69. The van der Waals surface area contributed by atoms with Gasteiger partial charge in [0.15, 0.2) is 0 Å². The predicted octanol–water partition coefficient (Wildman–Crippen LogP) is 4.82. The smallest absolute Gasteiger partial charge is 0.247 e. The van der Waals surface area contributed by atoms with Crippen molar-refractivity contribution in [3.63, 3.8) is 0 Å². The van der Waals surface area contributed by atoms with Gasteiger partial charge in [-0.2, -0.15) is 0 Å². The molecular weight excluding hydrogens is 447 g/mol. The summed E-state index contributed by atoms with van der Waals surface area (Å²) in [5, 5.41) is 0.689. The maximum Gasteiger partial charge on any atom is 0.247 e. The molecule has 170 valence electrons. The third-order valence-corrected chi connectivity index (χ3v) is 7.00. The summed E-state index contributed by atoms with van der Waals surface area (Å²) in [6.45, 7) is 4.44. The number of amides is 1. The van der Waals surface area contributed by atoms with Crippen LogP contribution in [0.25, 0.3) is 6.08 Å². The molecule has 2 atom stereocenters. The monoisotopic (exact) mass is 474 g/mol. The van der Waals surface area contributed by atoms with Gasteiger partial charge in [-0.15, -0.1) is 0 Å². The lowest BCUT2D eigenvalue weighted by molar-refractivity contribution is -0.148. The molecule has 2 aromatic carbocycles. The number of rotatable bonds is 7. The quantitative estimate of drug-likeness (QED) is 0.460. The summed E-state index contributed by atoms with van der Waals surface area (Å²) in [6.07, 6.45) is 4.59. The molecule has 3 saturated heterocycles. The number of anilines is 1. The molecule has 5 nitrogen and oxygen atoms in total. The van der Waals surface area contributed by atoms with Crippen molar-refractivity contribution in [3.8, 4) is 0 Å². The Labute approximate surface area is 198 Å². The number of fused-ring (bicyclic) bond motifs is 2. The molecule has 0 spiro atoms. The van der Waals surface area contributed by atoms with Crippen LogP contribution in [0.3, 0.4) is 0 Å². The van der Waals surface area contributed by atoms with Crippen molar-refractivity contribution in [2.45, 2.75) is 32.0 Å². The number of nitrogens with one attached hydrogen (secondary N) is 1. The van der Waals surface area contributed by atoms with Crippen LogP contribution in [-0.4, -0.2) is 59.3 Å². The molecular formula is C24H28ClFN4OS. The first-order valence-electron chi connectivity index (χ1n) is 10.7. The number of hydrogen-bond acceptors (Lipinski definition) is 5. The Kier molecular flexibility index (Phi) is 7.10. The van der Waals surface area contributed by atoms with E-state index in [1.807, 2.05) is 60.6 Å². The summed E-state index contributed by atoms with van der Waals surface area (Å²) in [7, 11) is 3.91. The van der Waals surface area contributed by atoms with E-state index in [-0.39, 0.29) is 23.8 Å². The van der Waals surface area contributed by atoms with Gasteiger partial charge in [-0.05, 0) is 74.5 Å². The highest BCUT2D eigenvalue weighted by Gasteiger charge is 2.46. The fraction of sp³-hybridized carbons (Fsp3) is 0.375. The van der Waals surface area contributed by atoms with E-state index in [0.717, 1.165) is 48.4 Å². The van der Waals surface area contributed by atoms with Crippen LogP contribution >= 0.6 is 23.7 Å². The third-order valence-electron chi connectivity index (χ3n) is 5.92. The molecule has 0 radical (unpaired) electrons. The molecule has 0 saturated carbocycles. The Balaban J connectivity index is 1.39. The number of aryl methyl sites for hydroxylation is 1. The second kappa shape index (κ2) is 9.83. The highest BCUT2D eigenvalue weighted by molar-refractivity contribution is 7.98. The summed E-state index contributed by atoms with van der Waals surface area (Å²) in [6, 6.07) is 11.0. The summed E-state index contributed by atoms with van der Waals surface area (Å²) >= 11 is 7.76. The third kappa shape index (κ3) is 5.29. The lowest BCUT2D eigenvalue weighted by atomic mass is 9.87. The van der Waals surface area contributed by atoms with Crippen molar-refractivity contribution in [2.75, 3.05) is 31.9 Å². The topological polar surface area (TPSA) is 38.8 Å². The number of benzene rings is 2. The van der Waals surface area contributed by atoms with Gasteiger partial charge in [0, 0.05) is 55.0 Å². The highest BCUT2D eigenvalue weighted by Crippen LogP contribution is 2.34. The fourth-order valence-corrected chi connectivity index (χ4v) is 4.97. The molecule has 2 bridgehead atoms. The van der Waals surface area contributed by atoms with Gasteiger partial charge in [-0.3, -0.25) is 9.69 Å². The average molecular weight is 475 g/mol. The van der Waals surface area contributed by atoms with Crippen LogP contribution in [-0.2, 0) is 11.3 Å². The van der Waals surface area contributed by atoms with Gasteiger partial charge in [0.1, 0.15) is 5.82 Å². The zero-order valence-electron chi connectivity index (χ0n) is 18.5. The van der Waals surface area contributed by atoms with E-state index in [4.69, 9.17) is 11.6 Å². The van der Waals surface area contributed by atoms with Crippen LogP contribution in [0.2, 0.25) is 5.02 Å². The largest absolute Gasteiger partial charge is 0.330 e. The highest BCUT2D eigenvalue weighted by atomic mass is 35.5. The molecule has 2 unspecified atom stereocenters. The maximum absolute atomic E-state index is 13.1. The van der Waals surface area contributed by atoms with Crippen molar-refractivity contribution in [1.82, 2.24) is 14.1 Å². The predicted molar refractivity (Wildman–Crippen MR) is 131 cm³/mol. The van der Waals surface area contributed by atoms with Crippen LogP contribution in [0.5, 0.6) is 0 Å². The van der Waals surface area contributed by atoms with E-state index in [1.165, 1.54) is 24.3 Å². The summed E-state index contributed by atoms with van der Waals surface area (Å²) in [4.78, 5) is 17.3. The van der Waals surface area contributed by atoms with E-state index in [1.54, 1.807) is 6.08 Å². The SMILES string of the molecule is Cc1cc(/C=C/C(=O)N2C3CC2CN(Cc2ccc(F)cc2)C3)c(NSN(C)C)cc1Cl. The van der Waals surface area contributed by atoms with Gasteiger partial charge in [0.2, 0.25) is 5.91 Å². The van der Waals surface area contributed by atoms with Crippen molar-refractivity contribution >= 4 is 41.4 Å². The first kappa shape index (κ1) is 23.1. The Morgan fingerprint density at radius 1 is 1.25 bits per heavy atom. The van der Waals surface area contributed by atoms with Gasteiger partial charge in [-0.25, -0.2) is 8.70 Å². The first-order valence-corrected chi connectivity index (χ1v) is 11.8. The number of piperazine rings is 1. The summed E-state index contributed by atoms with van der Waals surface area (Å²) in [5.74, 6) is -0.167. The van der Waals surface area contributed by atoms with Gasteiger partial charge in [-0.1, -0.05) is 23.7 Å². The number of nitrogens with zero attached hydrogens (tertiary/aromatic N) is 3. The van der Waals surface area contributed by atoms with Gasteiger partial charge >= 0.3 is 0 Å². The van der Waals surface area contributed by atoms with Gasteiger partial charge < -0.3 is 9.62 Å². The molecule has 0 aromatic heterocycles. The standard InChI is InChI=1S/C24H28ClFN4OS/c1-16-10-18(23(12-22(16)25)27-32-28(2)3)6-9-24(31)30-20-11-21(30)15-29(14-20)13-17-4-7-19(26)8-5-17/h4-10,12,20-21,27H,11,13-15H2,1-3H3/b9-6+. The number of carbonyl (C=O) groups is 1. The zero-order valence-corrected chi connectivity index (χ0v) is 20.1. The van der Waals surface area contributed by atoms with E-state index >= 15 is 0 Å². The molecule has 1 N–H and O–H groups in total. The minimum Gasteiger partial charge on any atom is -0.330 e. The molecule has 2 aromatic rings. The second-order valence-corrected chi connectivity index (χ2v) is 10.2. The lowest BCUT2D eigenvalue weighted by Gasteiger charge is -2.56. The normalized spacial score (nSPS) is 20.6. The first-order chi connectivity index (χ1) is 15.3. The molecule has 3 heterocycles. The van der Waals surface area contributed by atoms with E-state index in [9.17, 15) is 9.18 Å². The minimum absolute atomic E-state index is 0.0477. The Hall–Kier alpha value is -2.06. The molecule has 32 heavy (non-hydrogen) atoms. The van der Waals surface area contributed by atoms with Crippen molar-refractivity contribution < 1.29 is 9.18 Å². The van der Waals surface area contributed by atoms with Crippen molar-refractivity contribution in [2.24, 2.45) is 0 Å². The second-order valence-electron chi connectivity index (χ2n) is 8.64.